The van der Waals surface area contributed by atoms with Crippen molar-refractivity contribution in [2.45, 2.75) is 111 Å². The van der Waals surface area contributed by atoms with Crippen LogP contribution in [-0.4, -0.2) is 19.4 Å². The fraction of sp³-hybridized carbons (Fsp3) is 1.00. The molecule has 0 aromatic carbocycles. The third kappa shape index (κ3) is 18.5. The average Bonchev–Trinajstić information content (AvgIpc) is 2.57. The summed E-state index contributed by atoms with van der Waals surface area (Å²) in [6.07, 6.45) is 19.5. The fourth-order valence-electron chi connectivity index (χ4n) is 2.55. The van der Waals surface area contributed by atoms with Gasteiger partial charge in [0.25, 0.3) is 0 Å². The smallest absolute Gasteiger partial charge is 0.170 e. The van der Waals surface area contributed by atoms with E-state index in [0.717, 1.165) is 19.4 Å². The Morgan fingerprint density at radius 3 is 1.30 bits per heavy atom. The lowest BCUT2D eigenvalue weighted by Gasteiger charge is -2.17. The van der Waals surface area contributed by atoms with E-state index in [4.69, 9.17) is 9.05 Å². The van der Waals surface area contributed by atoms with E-state index in [-0.39, 0.29) is 0 Å². The minimum absolute atomic E-state index is 0.622. The van der Waals surface area contributed by atoms with Crippen molar-refractivity contribution in [2.24, 2.45) is 0 Å². The summed E-state index contributed by atoms with van der Waals surface area (Å²) in [5, 5.41) is 0. The third-order valence-corrected chi connectivity index (χ3v) is 5.78. The van der Waals surface area contributed by atoms with Crippen LogP contribution < -0.4 is 0 Å². The van der Waals surface area contributed by atoms with Gasteiger partial charge in [0.05, 0.1) is 13.2 Å². The highest BCUT2D eigenvalue weighted by atomic mass is 31.2. The largest absolute Gasteiger partial charge is 0.334 e. The topological polar surface area (TPSA) is 18.5 Å². The van der Waals surface area contributed by atoms with Crippen LogP contribution in [0, 0.1) is 0 Å². The normalized spacial score (nSPS) is 11.5. The molecule has 3 heteroatoms. The van der Waals surface area contributed by atoms with Crippen LogP contribution in [0.1, 0.15) is 111 Å². The summed E-state index contributed by atoms with van der Waals surface area (Å²) < 4.78 is 12.1. The number of hydrogen-bond donors (Lipinski definition) is 0. The van der Waals surface area contributed by atoms with E-state index in [9.17, 15) is 0 Å². The predicted molar refractivity (Wildman–Crippen MR) is 105 cm³/mol. The molecule has 2 nitrogen and oxygen atoms in total. The summed E-state index contributed by atoms with van der Waals surface area (Å²) in [5.41, 5.74) is 0. The van der Waals surface area contributed by atoms with Crippen molar-refractivity contribution < 1.29 is 9.05 Å². The third-order valence-electron chi connectivity index (χ3n) is 4.16. The van der Waals surface area contributed by atoms with E-state index < -0.39 is 8.38 Å². The minimum atomic E-state index is -0.622. The first kappa shape index (κ1) is 23.4. The van der Waals surface area contributed by atoms with Gasteiger partial charge in [-0.25, -0.2) is 0 Å². The number of rotatable bonds is 19. The first-order chi connectivity index (χ1) is 11.3. The molecule has 23 heavy (non-hydrogen) atoms. The Hall–Kier alpha value is 0.350. The minimum Gasteiger partial charge on any atom is -0.334 e. The molecule has 0 saturated carbocycles. The Morgan fingerprint density at radius 2 is 0.870 bits per heavy atom. The maximum Gasteiger partial charge on any atom is 0.170 e. The Morgan fingerprint density at radius 1 is 0.478 bits per heavy atom. The van der Waals surface area contributed by atoms with Crippen molar-refractivity contribution in [1.29, 1.82) is 0 Å². The quantitative estimate of drug-likeness (QED) is 0.175. The Bertz CT molecular complexity index is 194. The van der Waals surface area contributed by atoms with Gasteiger partial charge in [-0.1, -0.05) is 91.4 Å². The summed E-state index contributed by atoms with van der Waals surface area (Å²) in [6, 6.07) is 0. The average molecular weight is 347 g/mol. The number of hydrogen-bond acceptors (Lipinski definition) is 2. The van der Waals surface area contributed by atoms with Gasteiger partial charge in [-0.2, -0.15) is 0 Å². The van der Waals surface area contributed by atoms with Gasteiger partial charge in [-0.05, 0) is 19.3 Å². The van der Waals surface area contributed by atoms with Crippen molar-refractivity contribution in [3.8, 4) is 0 Å². The van der Waals surface area contributed by atoms with Gasteiger partial charge in [-0.3, -0.25) is 0 Å². The van der Waals surface area contributed by atoms with Gasteiger partial charge >= 0.3 is 0 Å². The van der Waals surface area contributed by atoms with E-state index in [2.05, 4.69) is 20.8 Å². The molecule has 0 aliphatic heterocycles. The summed E-state index contributed by atoms with van der Waals surface area (Å²) in [6.45, 7) is 8.58. The van der Waals surface area contributed by atoms with Crippen molar-refractivity contribution in [3.05, 3.63) is 0 Å². The van der Waals surface area contributed by atoms with Gasteiger partial charge in [0.2, 0.25) is 0 Å². The monoisotopic (exact) mass is 346 g/mol. The molecule has 0 unspecified atom stereocenters. The first-order valence-electron chi connectivity index (χ1n) is 10.4. The van der Waals surface area contributed by atoms with E-state index >= 15 is 0 Å². The van der Waals surface area contributed by atoms with Crippen LogP contribution in [0.3, 0.4) is 0 Å². The van der Waals surface area contributed by atoms with Crippen LogP contribution in [0.4, 0.5) is 0 Å². The maximum absolute atomic E-state index is 6.04. The molecule has 0 amide bonds. The highest BCUT2D eigenvalue weighted by Gasteiger charge is 2.09. The summed E-state index contributed by atoms with van der Waals surface area (Å²) in [5.74, 6) is 0. The highest BCUT2D eigenvalue weighted by Crippen LogP contribution is 2.39. The molecule has 0 atom stereocenters. The van der Waals surface area contributed by atoms with Crippen molar-refractivity contribution >= 4 is 8.38 Å². The van der Waals surface area contributed by atoms with Crippen molar-refractivity contribution in [2.75, 3.05) is 19.4 Å². The second-order valence-electron chi connectivity index (χ2n) is 6.61. The summed E-state index contributed by atoms with van der Waals surface area (Å²) in [4.78, 5) is 0. The molecule has 0 fully saturated rings. The van der Waals surface area contributed by atoms with E-state index in [1.165, 1.54) is 89.9 Å². The zero-order valence-electron chi connectivity index (χ0n) is 16.3. The van der Waals surface area contributed by atoms with Crippen LogP contribution in [-0.2, 0) is 9.05 Å². The summed E-state index contributed by atoms with van der Waals surface area (Å²) >= 11 is 0. The second-order valence-corrected chi connectivity index (χ2v) is 8.24. The standard InChI is InChI=1S/C20H43O2P/c1-4-7-10-12-14-16-18-21-23(20-9-6-3)22-19-17-15-13-11-8-5-2/h4-20H2,1-3H3. The lowest BCUT2D eigenvalue weighted by atomic mass is 10.1. The second kappa shape index (κ2) is 20.4. The first-order valence-corrected chi connectivity index (χ1v) is 11.7. The van der Waals surface area contributed by atoms with Crippen LogP contribution in [0.2, 0.25) is 0 Å². The molecule has 140 valence electrons. The van der Waals surface area contributed by atoms with Crippen LogP contribution >= 0.6 is 8.38 Å². The molecule has 0 heterocycles. The zero-order valence-corrected chi connectivity index (χ0v) is 17.2. The SMILES string of the molecule is CCCCCCCCOP(CCCC)OCCCCCCCC. The summed E-state index contributed by atoms with van der Waals surface area (Å²) in [7, 11) is -0.622. The van der Waals surface area contributed by atoms with Gasteiger partial charge in [0.15, 0.2) is 8.38 Å². The molecular formula is C20H43O2P. The van der Waals surface area contributed by atoms with Crippen LogP contribution in [0.5, 0.6) is 0 Å². The molecule has 0 aliphatic carbocycles. The predicted octanol–water partition coefficient (Wildman–Crippen LogP) is 7.85. The van der Waals surface area contributed by atoms with Crippen molar-refractivity contribution in [3.63, 3.8) is 0 Å². The molecule has 0 aromatic heterocycles. The zero-order chi connectivity index (χ0) is 17.0. The van der Waals surface area contributed by atoms with Crippen molar-refractivity contribution in [1.82, 2.24) is 0 Å². The van der Waals surface area contributed by atoms with Gasteiger partial charge < -0.3 is 9.05 Å². The van der Waals surface area contributed by atoms with E-state index in [0.29, 0.717) is 0 Å². The molecule has 0 radical (unpaired) electrons. The molecule has 0 bridgehead atoms. The Balaban J connectivity index is 3.56. The molecule has 0 saturated heterocycles. The Kier molecular flexibility index (Phi) is 20.7. The lowest BCUT2D eigenvalue weighted by Crippen LogP contribution is -1.99. The van der Waals surface area contributed by atoms with Crippen LogP contribution in [0.15, 0.2) is 0 Å². The Labute approximate surface area is 148 Å². The maximum atomic E-state index is 6.04. The van der Waals surface area contributed by atoms with Gasteiger partial charge in [-0.15, -0.1) is 0 Å². The lowest BCUT2D eigenvalue weighted by molar-refractivity contribution is 0.239. The van der Waals surface area contributed by atoms with Gasteiger partial charge in [0, 0.05) is 6.16 Å². The molecule has 0 N–H and O–H groups in total. The van der Waals surface area contributed by atoms with Crippen LogP contribution in [0.25, 0.3) is 0 Å². The molecular weight excluding hydrogens is 303 g/mol. The van der Waals surface area contributed by atoms with E-state index in [1.54, 1.807) is 0 Å². The molecule has 0 aromatic rings. The highest BCUT2D eigenvalue weighted by molar-refractivity contribution is 7.47. The molecule has 0 spiro atoms. The molecule has 0 rings (SSSR count). The van der Waals surface area contributed by atoms with Gasteiger partial charge in [0.1, 0.15) is 0 Å². The fourth-order valence-corrected chi connectivity index (χ4v) is 4.12. The molecule has 0 aliphatic rings. The van der Waals surface area contributed by atoms with E-state index in [1.807, 2.05) is 0 Å². The number of unbranched alkanes of at least 4 members (excludes halogenated alkanes) is 11.